The van der Waals surface area contributed by atoms with Gasteiger partial charge in [0.15, 0.2) is 11.7 Å². The molecule has 0 spiro atoms. The van der Waals surface area contributed by atoms with Gasteiger partial charge in [0.05, 0.1) is 22.9 Å². The monoisotopic (exact) mass is 471 g/mol. The standard InChI is InChI=1S/C25H26ClNO6/c1-3-31-25(29)18-15-27-20(13-21(18)28)17-12-19(26)23(32-11-7-10-30-2)14-22(17)33-24(27)16-8-5-4-6-9-16/h4-6,8-9,12-15,24-25,29H,3,7,10-11H2,1-2H3. The lowest BCUT2D eigenvalue weighted by Crippen LogP contribution is -2.27. The van der Waals surface area contributed by atoms with Crippen molar-refractivity contribution in [1.29, 1.82) is 0 Å². The third-order valence-corrected chi connectivity index (χ3v) is 5.63. The van der Waals surface area contributed by atoms with E-state index in [9.17, 15) is 9.90 Å². The average molecular weight is 472 g/mol. The van der Waals surface area contributed by atoms with Crippen LogP contribution in [0, 0.1) is 0 Å². The van der Waals surface area contributed by atoms with Crippen LogP contribution in [0.4, 0.5) is 0 Å². The molecule has 7 nitrogen and oxygen atoms in total. The van der Waals surface area contributed by atoms with Crippen LogP contribution in [0.5, 0.6) is 11.5 Å². The largest absolute Gasteiger partial charge is 0.492 e. The molecular formula is C25H26ClNO6. The van der Waals surface area contributed by atoms with Gasteiger partial charge in [-0.25, -0.2) is 0 Å². The van der Waals surface area contributed by atoms with Crippen LogP contribution in [-0.2, 0) is 9.47 Å². The lowest BCUT2D eigenvalue weighted by atomic mass is 10.0. The Morgan fingerprint density at radius 1 is 1.18 bits per heavy atom. The SMILES string of the molecule is CCOC(O)c1cn2c(cc1=O)-c1cc(Cl)c(OCCCOC)cc1OC2c1ccccc1. The van der Waals surface area contributed by atoms with Crippen LogP contribution in [-0.4, -0.2) is 36.6 Å². The average Bonchev–Trinajstić information content (AvgIpc) is 2.82. The van der Waals surface area contributed by atoms with Gasteiger partial charge >= 0.3 is 0 Å². The molecule has 0 saturated carbocycles. The number of rotatable bonds is 9. The van der Waals surface area contributed by atoms with E-state index in [1.807, 2.05) is 34.9 Å². The first-order chi connectivity index (χ1) is 16.0. The quantitative estimate of drug-likeness (QED) is 0.364. The summed E-state index contributed by atoms with van der Waals surface area (Å²) in [6, 6.07) is 14.6. The van der Waals surface area contributed by atoms with Gasteiger partial charge in [-0.2, -0.15) is 0 Å². The second kappa shape index (κ2) is 10.4. The molecule has 1 aromatic heterocycles. The van der Waals surface area contributed by atoms with Crippen molar-refractivity contribution in [3.63, 3.8) is 0 Å². The van der Waals surface area contributed by atoms with Crippen LogP contribution in [0.25, 0.3) is 11.3 Å². The van der Waals surface area contributed by atoms with E-state index in [-0.39, 0.29) is 17.6 Å². The van der Waals surface area contributed by atoms with Gasteiger partial charge in [-0.15, -0.1) is 0 Å². The van der Waals surface area contributed by atoms with Gasteiger partial charge in [0.1, 0.15) is 11.5 Å². The molecule has 0 aliphatic carbocycles. The second-order valence-corrected chi connectivity index (χ2v) is 7.95. The molecule has 2 heterocycles. The Hall–Kier alpha value is -2.84. The number of nitrogens with zero attached hydrogens (tertiary/aromatic N) is 1. The van der Waals surface area contributed by atoms with Crippen molar-refractivity contribution in [2.45, 2.75) is 25.9 Å². The number of hydrogen-bond donors (Lipinski definition) is 1. The summed E-state index contributed by atoms with van der Waals surface area (Å²) in [6.45, 7) is 3.05. The lowest BCUT2D eigenvalue weighted by Gasteiger charge is -2.32. The predicted octanol–water partition coefficient (Wildman–Crippen LogP) is 4.55. The molecule has 0 bridgehead atoms. The first kappa shape index (κ1) is 23.3. The summed E-state index contributed by atoms with van der Waals surface area (Å²) in [5.74, 6) is 1.05. The molecular weight excluding hydrogens is 446 g/mol. The zero-order valence-corrected chi connectivity index (χ0v) is 19.2. The van der Waals surface area contributed by atoms with E-state index in [2.05, 4.69) is 0 Å². The molecule has 0 amide bonds. The third-order valence-electron chi connectivity index (χ3n) is 5.34. The van der Waals surface area contributed by atoms with Crippen molar-refractivity contribution in [1.82, 2.24) is 4.57 Å². The molecule has 3 aromatic rings. The molecule has 2 atom stereocenters. The smallest absolute Gasteiger partial charge is 0.202 e. The van der Waals surface area contributed by atoms with Gasteiger partial charge in [-0.05, 0) is 13.0 Å². The number of ether oxygens (including phenoxy) is 4. The highest BCUT2D eigenvalue weighted by atomic mass is 35.5. The third kappa shape index (κ3) is 4.91. The maximum Gasteiger partial charge on any atom is 0.202 e. The molecule has 1 aliphatic heterocycles. The molecule has 2 aromatic carbocycles. The Labute approximate surface area is 197 Å². The van der Waals surface area contributed by atoms with Crippen LogP contribution >= 0.6 is 11.6 Å². The van der Waals surface area contributed by atoms with Gasteiger partial charge < -0.3 is 28.6 Å². The topological polar surface area (TPSA) is 79.2 Å². The molecule has 174 valence electrons. The maximum atomic E-state index is 12.9. The molecule has 1 aliphatic rings. The van der Waals surface area contributed by atoms with Crippen LogP contribution in [0.15, 0.2) is 59.5 Å². The molecule has 8 heteroatoms. The first-order valence-electron chi connectivity index (χ1n) is 10.8. The van der Waals surface area contributed by atoms with Crippen molar-refractivity contribution < 1.29 is 24.1 Å². The van der Waals surface area contributed by atoms with Crippen LogP contribution in [0.3, 0.4) is 0 Å². The van der Waals surface area contributed by atoms with Crippen molar-refractivity contribution in [2.24, 2.45) is 0 Å². The molecule has 33 heavy (non-hydrogen) atoms. The summed E-state index contributed by atoms with van der Waals surface area (Å²) in [4.78, 5) is 12.9. The fourth-order valence-electron chi connectivity index (χ4n) is 3.76. The number of benzene rings is 2. The predicted molar refractivity (Wildman–Crippen MR) is 125 cm³/mol. The number of methoxy groups -OCH3 is 1. The minimum Gasteiger partial charge on any atom is -0.492 e. The summed E-state index contributed by atoms with van der Waals surface area (Å²) in [7, 11) is 1.64. The lowest BCUT2D eigenvalue weighted by molar-refractivity contribution is -0.0990. The van der Waals surface area contributed by atoms with Gasteiger partial charge in [-0.1, -0.05) is 41.9 Å². The molecule has 2 unspecified atom stereocenters. The van der Waals surface area contributed by atoms with Crippen molar-refractivity contribution in [3.05, 3.63) is 81.1 Å². The summed E-state index contributed by atoms with van der Waals surface area (Å²) in [5, 5.41) is 10.7. The van der Waals surface area contributed by atoms with Gasteiger partial charge in [0.25, 0.3) is 0 Å². The minimum atomic E-state index is -1.33. The number of aliphatic hydroxyl groups is 1. The van der Waals surface area contributed by atoms with Crippen molar-refractivity contribution in [2.75, 3.05) is 26.9 Å². The highest BCUT2D eigenvalue weighted by Crippen LogP contribution is 2.44. The molecule has 4 rings (SSSR count). The normalized spacial score (nSPS) is 15.3. The van der Waals surface area contributed by atoms with Crippen LogP contribution in [0.1, 0.15) is 37.0 Å². The van der Waals surface area contributed by atoms with E-state index >= 15 is 0 Å². The molecule has 1 N–H and O–H groups in total. The van der Waals surface area contributed by atoms with Crippen LogP contribution < -0.4 is 14.9 Å². The highest BCUT2D eigenvalue weighted by Gasteiger charge is 2.29. The number of fused-ring (bicyclic) bond motifs is 3. The summed E-state index contributed by atoms with van der Waals surface area (Å²) >= 11 is 6.50. The summed E-state index contributed by atoms with van der Waals surface area (Å²) < 4.78 is 24.3. The number of halogens is 1. The maximum absolute atomic E-state index is 12.9. The Bertz CT molecular complexity index is 1160. The molecule has 0 fully saturated rings. The first-order valence-corrected chi connectivity index (χ1v) is 11.1. The number of aromatic nitrogens is 1. The van der Waals surface area contributed by atoms with E-state index < -0.39 is 12.5 Å². The number of aliphatic hydroxyl groups excluding tert-OH is 1. The van der Waals surface area contributed by atoms with E-state index in [4.69, 9.17) is 30.5 Å². The molecule has 0 radical (unpaired) electrons. The van der Waals surface area contributed by atoms with Gasteiger partial charge in [0, 0.05) is 56.2 Å². The Morgan fingerprint density at radius 2 is 1.97 bits per heavy atom. The second-order valence-electron chi connectivity index (χ2n) is 7.55. The fourth-order valence-corrected chi connectivity index (χ4v) is 3.98. The number of hydrogen-bond acceptors (Lipinski definition) is 6. The minimum absolute atomic E-state index is 0.137. The zero-order valence-electron chi connectivity index (χ0n) is 18.5. The van der Waals surface area contributed by atoms with Crippen molar-refractivity contribution in [3.8, 4) is 22.8 Å². The highest BCUT2D eigenvalue weighted by molar-refractivity contribution is 6.32. The Kier molecular flexibility index (Phi) is 7.35. The van der Waals surface area contributed by atoms with Gasteiger partial charge in [0.2, 0.25) is 6.23 Å². The van der Waals surface area contributed by atoms with E-state index in [1.165, 1.54) is 6.07 Å². The zero-order chi connectivity index (χ0) is 23.4. The summed E-state index contributed by atoms with van der Waals surface area (Å²) in [6.07, 6.45) is 0.413. The van der Waals surface area contributed by atoms with Crippen LogP contribution in [0.2, 0.25) is 5.02 Å². The molecule has 0 saturated heterocycles. The van der Waals surface area contributed by atoms with E-state index in [0.29, 0.717) is 41.0 Å². The summed E-state index contributed by atoms with van der Waals surface area (Å²) in [5.41, 5.74) is 1.96. The van der Waals surface area contributed by atoms with Gasteiger partial charge in [-0.3, -0.25) is 4.79 Å². The number of pyridine rings is 1. The fraction of sp³-hybridized carbons (Fsp3) is 0.320. The van der Waals surface area contributed by atoms with E-state index in [0.717, 1.165) is 12.0 Å². The Morgan fingerprint density at radius 3 is 2.70 bits per heavy atom. The van der Waals surface area contributed by atoms with E-state index in [1.54, 1.807) is 32.4 Å². The Balaban J connectivity index is 1.81. The van der Waals surface area contributed by atoms with Crippen molar-refractivity contribution >= 4 is 11.6 Å².